The zero-order chi connectivity index (χ0) is 17.9. The molecule has 2 N–H and O–H groups in total. The van der Waals surface area contributed by atoms with Crippen LogP contribution >= 0.6 is 0 Å². The summed E-state index contributed by atoms with van der Waals surface area (Å²) >= 11 is 0. The molecule has 0 bridgehead atoms. The minimum absolute atomic E-state index is 0.164. The fourth-order valence-electron chi connectivity index (χ4n) is 1.96. The number of urea groups is 1. The molecule has 6 nitrogen and oxygen atoms in total. The van der Waals surface area contributed by atoms with Gasteiger partial charge >= 0.3 is 6.03 Å². The summed E-state index contributed by atoms with van der Waals surface area (Å²) in [6, 6.07) is 13.0. The number of carbonyl (C=O) groups excluding carboxylic acids is 1. The first-order chi connectivity index (χ1) is 12.2. The topological polar surface area (TPSA) is 68.8 Å². The highest BCUT2D eigenvalue weighted by Gasteiger charge is 2.03. The summed E-state index contributed by atoms with van der Waals surface area (Å²) in [5, 5.41) is 5.27. The van der Waals surface area contributed by atoms with Crippen LogP contribution in [0.1, 0.15) is 0 Å². The smallest absolute Gasteiger partial charge is 0.315 e. The Morgan fingerprint density at radius 3 is 2.16 bits per heavy atom. The van der Waals surface area contributed by atoms with Crippen LogP contribution in [0.5, 0.6) is 17.2 Å². The lowest BCUT2D eigenvalue weighted by Crippen LogP contribution is -2.39. The van der Waals surface area contributed by atoms with Crippen LogP contribution in [0.2, 0.25) is 0 Å². The second kappa shape index (κ2) is 10.0. The van der Waals surface area contributed by atoms with Crippen molar-refractivity contribution in [3.63, 3.8) is 0 Å². The molecule has 0 aromatic heterocycles. The number of methoxy groups -OCH3 is 1. The highest BCUT2D eigenvalue weighted by atomic mass is 19.1. The molecule has 0 heterocycles. The monoisotopic (exact) mass is 348 g/mol. The van der Waals surface area contributed by atoms with Crippen LogP contribution in [0.4, 0.5) is 9.18 Å². The molecular formula is C18H21FN2O4. The standard InChI is InChI=1S/C18H21FN2O4/c1-23-14-6-8-15(9-7-14)24-12-10-20-18(22)21-11-13-25-17-5-3-2-4-16(17)19/h2-9H,10-13H2,1H3,(H2,20,21,22). The first-order valence-electron chi connectivity index (χ1n) is 7.85. The first kappa shape index (κ1) is 18.4. The maximum Gasteiger partial charge on any atom is 0.315 e. The second-order valence-electron chi connectivity index (χ2n) is 4.99. The maximum absolute atomic E-state index is 13.3. The molecule has 0 aliphatic carbocycles. The molecule has 134 valence electrons. The van der Waals surface area contributed by atoms with Gasteiger partial charge < -0.3 is 24.8 Å². The number of para-hydroxylation sites is 1. The maximum atomic E-state index is 13.3. The summed E-state index contributed by atoms with van der Waals surface area (Å²) in [6.45, 7) is 1.13. The molecule has 2 rings (SSSR count). The van der Waals surface area contributed by atoms with Crippen LogP contribution in [0, 0.1) is 5.82 Å². The highest BCUT2D eigenvalue weighted by molar-refractivity contribution is 5.73. The molecular weight excluding hydrogens is 327 g/mol. The third kappa shape index (κ3) is 6.58. The van der Waals surface area contributed by atoms with Gasteiger partial charge in [-0.05, 0) is 36.4 Å². The van der Waals surface area contributed by atoms with E-state index in [0.29, 0.717) is 18.9 Å². The van der Waals surface area contributed by atoms with E-state index in [1.165, 1.54) is 12.1 Å². The molecule has 0 spiro atoms. The van der Waals surface area contributed by atoms with Gasteiger partial charge in [0.2, 0.25) is 0 Å². The van der Waals surface area contributed by atoms with Crippen molar-refractivity contribution < 1.29 is 23.4 Å². The van der Waals surface area contributed by atoms with Gasteiger partial charge in [-0.1, -0.05) is 12.1 Å². The van der Waals surface area contributed by atoms with E-state index in [1.807, 2.05) is 0 Å². The molecule has 0 aliphatic rings. The summed E-state index contributed by atoms with van der Waals surface area (Å²) in [5.74, 6) is 1.18. The Kier molecular flexibility index (Phi) is 7.37. The molecule has 0 unspecified atom stereocenters. The Bertz CT molecular complexity index is 664. The number of carbonyl (C=O) groups is 1. The number of benzene rings is 2. The van der Waals surface area contributed by atoms with Gasteiger partial charge in [-0.25, -0.2) is 9.18 Å². The SMILES string of the molecule is COc1ccc(OCCNC(=O)NCCOc2ccccc2F)cc1. The molecule has 25 heavy (non-hydrogen) atoms. The van der Waals surface area contributed by atoms with Crippen LogP contribution in [0.25, 0.3) is 0 Å². The number of halogens is 1. The molecule has 2 aromatic carbocycles. The van der Waals surface area contributed by atoms with Crippen molar-refractivity contribution >= 4 is 6.03 Å². The van der Waals surface area contributed by atoms with Crippen molar-refractivity contribution in [1.29, 1.82) is 0 Å². The van der Waals surface area contributed by atoms with Gasteiger partial charge in [0.15, 0.2) is 11.6 Å². The third-order valence-electron chi connectivity index (χ3n) is 3.20. The number of rotatable bonds is 9. The van der Waals surface area contributed by atoms with E-state index in [1.54, 1.807) is 43.5 Å². The van der Waals surface area contributed by atoms with Gasteiger partial charge in [0.05, 0.1) is 20.2 Å². The predicted octanol–water partition coefficient (Wildman–Crippen LogP) is 2.59. The Labute approximate surface area is 145 Å². The van der Waals surface area contributed by atoms with Gasteiger partial charge in [-0.15, -0.1) is 0 Å². The highest BCUT2D eigenvalue weighted by Crippen LogP contribution is 2.16. The van der Waals surface area contributed by atoms with E-state index in [4.69, 9.17) is 14.2 Å². The number of nitrogens with one attached hydrogen (secondary N) is 2. The summed E-state index contributed by atoms with van der Waals surface area (Å²) in [5.41, 5.74) is 0. The van der Waals surface area contributed by atoms with Crippen molar-refractivity contribution in [3.05, 3.63) is 54.3 Å². The first-order valence-corrected chi connectivity index (χ1v) is 7.85. The zero-order valence-electron chi connectivity index (χ0n) is 14.0. The normalized spacial score (nSPS) is 10.0. The molecule has 0 fully saturated rings. The Balaban J connectivity index is 1.54. The number of ether oxygens (including phenoxy) is 3. The summed E-state index contributed by atoms with van der Waals surface area (Å²) < 4.78 is 29.1. The largest absolute Gasteiger partial charge is 0.497 e. The summed E-state index contributed by atoms with van der Waals surface area (Å²) in [4.78, 5) is 11.6. The molecule has 0 saturated carbocycles. The Hall–Kier alpha value is -2.96. The fourth-order valence-corrected chi connectivity index (χ4v) is 1.96. The van der Waals surface area contributed by atoms with E-state index in [9.17, 15) is 9.18 Å². The second-order valence-corrected chi connectivity index (χ2v) is 4.99. The van der Waals surface area contributed by atoms with Crippen molar-refractivity contribution in [2.75, 3.05) is 33.4 Å². The minimum atomic E-state index is -0.428. The van der Waals surface area contributed by atoms with Gasteiger partial charge in [-0.3, -0.25) is 0 Å². The van der Waals surface area contributed by atoms with Crippen molar-refractivity contribution in [2.45, 2.75) is 0 Å². The van der Waals surface area contributed by atoms with E-state index < -0.39 is 5.82 Å². The van der Waals surface area contributed by atoms with Gasteiger partial charge in [0.1, 0.15) is 24.7 Å². The predicted molar refractivity (Wildman–Crippen MR) is 91.8 cm³/mol. The third-order valence-corrected chi connectivity index (χ3v) is 3.20. The lowest BCUT2D eigenvalue weighted by Gasteiger charge is -2.10. The van der Waals surface area contributed by atoms with Crippen molar-refractivity contribution in [3.8, 4) is 17.2 Å². The van der Waals surface area contributed by atoms with Crippen LogP contribution in [-0.2, 0) is 0 Å². The molecule has 0 aliphatic heterocycles. The quantitative estimate of drug-likeness (QED) is 0.684. The Morgan fingerprint density at radius 2 is 1.52 bits per heavy atom. The van der Waals surface area contributed by atoms with Gasteiger partial charge in [0.25, 0.3) is 0 Å². The van der Waals surface area contributed by atoms with E-state index in [0.717, 1.165) is 5.75 Å². The van der Waals surface area contributed by atoms with Crippen LogP contribution in [0.3, 0.4) is 0 Å². The Morgan fingerprint density at radius 1 is 0.920 bits per heavy atom. The average molecular weight is 348 g/mol. The van der Waals surface area contributed by atoms with Crippen LogP contribution < -0.4 is 24.8 Å². The van der Waals surface area contributed by atoms with E-state index >= 15 is 0 Å². The molecule has 2 aromatic rings. The lowest BCUT2D eigenvalue weighted by atomic mass is 10.3. The average Bonchev–Trinajstić information content (AvgIpc) is 2.64. The van der Waals surface area contributed by atoms with Gasteiger partial charge in [-0.2, -0.15) is 0 Å². The molecule has 0 saturated heterocycles. The van der Waals surface area contributed by atoms with Gasteiger partial charge in [0, 0.05) is 0 Å². The van der Waals surface area contributed by atoms with E-state index in [2.05, 4.69) is 10.6 Å². The summed E-state index contributed by atoms with van der Waals surface area (Å²) in [6.07, 6.45) is 0. The van der Waals surface area contributed by atoms with E-state index in [-0.39, 0.29) is 24.9 Å². The van der Waals surface area contributed by atoms with Crippen LogP contribution in [-0.4, -0.2) is 39.4 Å². The lowest BCUT2D eigenvalue weighted by molar-refractivity contribution is 0.231. The summed E-state index contributed by atoms with van der Waals surface area (Å²) in [7, 11) is 1.60. The fraction of sp³-hybridized carbons (Fsp3) is 0.278. The number of hydrogen-bond donors (Lipinski definition) is 2. The van der Waals surface area contributed by atoms with Crippen LogP contribution in [0.15, 0.2) is 48.5 Å². The number of hydrogen-bond acceptors (Lipinski definition) is 4. The minimum Gasteiger partial charge on any atom is -0.497 e. The van der Waals surface area contributed by atoms with Crippen molar-refractivity contribution in [1.82, 2.24) is 10.6 Å². The molecule has 0 atom stereocenters. The molecule has 0 radical (unpaired) electrons. The van der Waals surface area contributed by atoms with Crippen molar-refractivity contribution in [2.24, 2.45) is 0 Å². The molecule has 2 amide bonds. The zero-order valence-corrected chi connectivity index (χ0v) is 14.0. The molecule has 7 heteroatoms. The number of amides is 2.